The number of amides is 6. The van der Waals surface area contributed by atoms with Crippen molar-refractivity contribution in [3.63, 3.8) is 0 Å². The van der Waals surface area contributed by atoms with Crippen LogP contribution < -0.4 is 21.3 Å². The number of rotatable bonds is 77. The molecule has 0 saturated heterocycles. The maximum absolute atomic E-state index is 13.7. The lowest BCUT2D eigenvalue weighted by molar-refractivity contribution is -0.157. The molecule has 0 unspecified atom stereocenters. The first-order chi connectivity index (χ1) is 53.2. The molecule has 0 aromatic heterocycles. The van der Waals surface area contributed by atoms with Crippen LogP contribution in [0.25, 0.3) is 0 Å². The first-order valence-electron chi connectivity index (χ1n) is 38.4. The van der Waals surface area contributed by atoms with Crippen molar-refractivity contribution in [3.05, 3.63) is 12.2 Å². The van der Waals surface area contributed by atoms with Crippen molar-refractivity contribution in [3.8, 4) is 0 Å². The summed E-state index contributed by atoms with van der Waals surface area (Å²) in [5.41, 5.74) is -3.26. The zero-order chi connectivity index (χ0) is 81.8. The van der Waals surface area contributed by atoms with E-state index in [1.54, 1.807) is 62.3 Å². The molecule has 4 N–H and O–H groups in total. The molecule has 1 aliphatic heterocycles. The van der Waals surface area contributed by atoms with Crippen molar-refractivity contribution in [1.82, 2.24) is 26.2 Å². The lowest BCUT2D eigenvalue weighted by atomic mass is 10.0. The Bertz CT molecular complexity index is 2350. The van der Waals surface area contributed by atoms with E-state index in [4.69, 9.17) is 99.5 Å². The Balaban J connectivity index is 2.39. The van der Waals surface area contributed by atoms with Crippen LogP contribution in [0.15, 0.2) is 12.2 Å². The quantitative estimate of drug-likeness (QED) is 0.0292. The van der Waals surface area contributed by atoms with E-state index in [1.165, 1.54) is 12.2 Å². The number of nitrogens with zero attached hydrogens (tertiary/aromatic N) is 1. The van der Waals surface area contributed by atoms with Crippen molar-refractivity contribution < 1.29 is 147 Å². The molecule has 36 nitrogen and oxygen atoms in total. The van der Waals surface area contributed by atoms with Crippen LogP contribution in [0, 0.1) is 0 Å². The summed E-state index contributed by atoms with van der Waals surface area (Å²) in [6, 6.07) is 0. The summed E-state index contributed by atoms with van der Waals surface area (Å²) in [5, 5.41) is 11.2. The van der Waals surface area contributed by atoms with Gasteiger partial charge in [0.05, 0.1) is 251 Å². The number of hydrogen-bond donors (Lipinski definition) is 4. The molecule has 0 bridgehead atoms. The number of ketones is 1. The van der Waals surface area contributed by atoms with Crippen LogP contribution in [0.4, 0.5) is 0 Å². The van der Waals surface area contributed by atoms with E-state index >= 15 is 0 Å². The van der Waals surface area contributed by atoms with Gasteiger partial charge in [0.15, 0.2) is 0 Å². The first kappa shape index (κ1) is 103. The second-order valence-corrected chi connectivity index (χ2v) is 27.8. The maximum atomic E-state index is 13.7. The average Bonchev–Trinajstić information content (AvgIpc) is 1.74. The summed E-state index contributed by atoms with van der Waals surface area (Å²) in [7, 11) is 0. The van der Waals surface area contributed by atoms with Crippen molar-refractivity contribution in [2.45, 2.75) is 149 Å². The Morgan fingerprint density at radius 1 is 0.279 bits per heavy atom. The molecule has 0 atom stereocenters. The Morgan fingerprint density at radius 2 is 0.514 bits per heavy atom. The monoisotopic (exact) mass is 1600 g/mol. The molecule has 111 heavy (non-hydrogen) atoms. The summed E-state index contributed by atoms with van der Waals surface area (Å²) < 4.78 is 117. The predicted octanol–water partition coefficient (Wildman–Crippen LogP) is 1.91. The average molecular weight is 1600 g/mol. The molecule has 0 spiro atoms. The van der Waals surface area contributed by atoms with Gasteiger partial charge >= 0.3 is 17.9 Å². The minimum absolute atomic E-state index is 0.0129. The summed E-state index contributed by atoms with van der Waals surface area (Å²) in [6.45, 7) is 25.2. The molecule has 0 aliphatic carbocycles. The molecule has 0 aromatic rings. The van der Waals surface area contributed by atoms with E-state index < -0.39 is 46.2 Å². The van der Waals surface area contributed by atoms with Crippen LogP contribution in [0.5, 0.6) is 0 Å². The highest BCUT2D eigenvalue weighted by atomic mass is 16.6. The van der Waals surface area contributed by atoms with E-state index in [9.17, 15) is 47.9 Å². The molecular weight excluding hydrogens is 1470 g/mol. The van der Waals surface area contributed by atoms with Gasteiger partial charge in [-0.2, -0.15) is 0 Å². The summed E-state index contributed by atoms with van der Waals surface area (Å²) in [4.78, 5) is 124. The third-order valence-corrected chi connectivity index (χ3v) is 14.1. The fourth-order valence-electron chi connectivity index (χ4n) is 8.96. The van der Waals surface area contributed by atoms with Gasteiger partial charge < -0.3 is 121 Å². The predicted molar refractivity (Wildman–Crippen MR) is 399 cm³/mol. The van der Waals surface area contributed by atoms with Crippen LogP contribution in [0.1, 0.15) is 127 Å². The molecule has 0 saturated carbocycles. The third kappa shape index (κ3) is 69.4. The Morgan fingerprint density at radius 3 is 0.793 bits per heavy atom. The Hall–Kier alpha value is -5.88. The van der Waals surface area contributed by atoms with E-state index in [0.29, 0.717) is 152 Å². The number of Topliss-reactive ketones (excluding diaryl/α,β-unsaturated/α-hetero) is 1. The Kier molecular flexibility index (Phi) is 62.7. The molecule has 6 amide bonds. The first-order valence-corrected chi connectivity index (χ1v) is 38.4. The topological polar surface area (TPSA) is 416 Å². The van der Waals surface area contributed by atoms with Gasteiger partial charge in [0.25, 0.3) is 11.8 Å². The van der Waals surface area contributed by atoms with Crippen LogP contribution in [0.3, 0.4) is 0 Å². The van der Waals surface area contributed by atoms with E-state index in [0.717, 1.165) is 4.90 Å². The van der Waals surface area contributed by atoms with Crippen molar-refractivity contribution in [2.75, 3.05) is 264 Å². The zero-order valence-electron chi connectivity index (χ0n) is 67.6. The fourth-order valence-corrected chi connectivity index (χ4v) is 8.96. The molecule has 644 valence electrons. The molecule has 1 aliphatic rings. The van der Waals surface area contributed by atoms with Crippen molar-refractivity contribution in [1.29, 1.82) is 0 Å². The van der Waals surface area contributed by atoms with Gasteiger partial charge in [0.1, 0.15) is 28.1 Å². The second kappa shape index (κ2) is 67.5. The normalized spacial score (nSPS) is 12.6. The minimum atomic E-state index is -1.40. The highest BCUT2D eigenvalue weighted by Crippen LogP contribution is 2.14. The molecular formula is C75H133N5O31. The number of hydrogen-bond acceptors (Lipinski definition) is 31. The van der Waals surface area contributed by atoms with E-state index in [1.807, 2.05) is 0 Å². The van der Waals surface area contributed by atoms with Gasteiger partial charge in [-0.1, -0.05) is 0 Å². The van der Waals surface area contributed by atoms with Gasteiger partial charge in [0.2, 0.25) is 23.6 Å². The smallest absolute Gasteiger partial charge is 0.308 e. The molecule has 36 heteroatoms. The van der Waals surface area contributed by atoms with Crippen LogP contribution >= 0.6 is 0 Å². The van der Waals surface area contributed by atoms with E-state index in [2.05, 4.69) is 21.3 Å². The number of esters is 3. The summed E-state index contributed by atoms with van der Waals surface area (Å²) in [6.07, 6.45) is 3.28. The fraction of sp³-hybridized carbons (Fsp3) is 0.840. The molecule has 1 heterocycles. The van der Waals surface area contributed by atoms with Gasteiger partial charge in [-0.25, -0.2) is 0 Å². The molecule has 0 fully saturated rings. The van der Waals surface area contributed by atoms with Gasteiger partial charge in [-0.3, -0.25) is 52.8 Å². The minimum Gasteiger partial charge on any atom is -0.460 e. The molecule has 0 radical (unpaired) electrons. The van der Waals surface area contributed by atoms with Crippen molar-refractivity contribution in [2.24, 2.45) is 0 Å². The number of ether oxygens (including phenoxy) is 21. The summed E-state index contributed by atoms with van der Waals surface area (Å²) >= 11 is 0. The van der Waals surface area contributed by atoms with Gasteiger partial charge in [0, 0.05) is 83.5 Å². The standard InChI is InChI=1S/C75H133N5O31/c1-72(2,3)109-69(88)19-31-92-34-22-76-63(82)15-28-106-59-75(60-107-29-16-64(83)77-23-35-93-32-20-70(89)110-73(4,5)6,61-108-30-17-65(84)78-24-36-94-33-21-71(90)111-74(7,8)9)79-66(85)18-27-95-38-40-97-42-44-99-46-48-101-50-52-103-54-56-105-58-57-104-55-53-102-51-49-100-47-45-98-43-41-96-39-37-91-26-10-11-62(81)14-25-80-67(86)12-13-68(80)87/h12-13H,10-11,14-61H2,1-9H3,(H,76,82)(H,77,83)(H,78,84)(H,79,85). The summed E-state index contributed by atoms with van der Waals surface area (Å²) in [5.74, 6) is -3.51. The zero-order valence-corrected chi connectivity index (χ0v) is 67.6. The molecule has 0 aromatic carbocycles. The highest BCUT2D eigenvalue weighted by Gasteiger charge is 2.34. The van der Waals surface area contributed by atoms with E-state index in [-0.39, 0.29) is 212 Å². The van der Waals surface area contributed by atoms with Crippen LogP contribution in [0.2, 0.25) is 0 Å². The molecule has 1 rings (SSSR count). The number of imide groups is 1. The number of carbonyl (C=O) groups is 10. The maximum Gasteiger partial charge on any atom is 0.308 e. The lowest BCUT2D eigenvalue weighted by Crippen LogP contribution is -2.59. The largest absolute Gasteiger partial charge is 0.460 e. The van der Waals surface area contributed by atoms with Crippen LogP contribution in [-0.2, 0) is 147 Å². The van der Waals surface area contributed by atoms with Gasteiger partial charge in [-0.15, -0.1) is 0 Å². The van der Waals surface area contributed by atoms with Crippen molar-refractivity contribution >= 4 is 59.1 Å². The van der Waals surface area contributed by atoms with Crippen LogP contribution in [-0.4, -0.2) is 350 Å². The third-order valence-electron chi connectivity index (χ3n) is 14.1. The second-order valence-electron chi connectivity index (χ2n) is 27.8. The lowest BCUT2D eigenvalue weighted by Gasteiger charge is -2.34. The number of nitrogens with one attached hydrogen (secondary N) is 4. The highest BCUT2D eigenvalue weighted by molar-refractivity contribution is 6.13. The SMILES string of the molecule is CC(C)(C)OC(=O)CCOCCNC(=O)CCOCC(COCCC(=O)NCCOCCC(=O)OC(C)(C)C)(COCCC(=O)NCCOCCC(=O)OC(C)(C)C)NC(=O)CCOCCOCCOCCOCCOCCOCCOCCOCCOCCOCCOCCOCCCC(=O)CCN1C(=O)C=CC1=O. The van der Waals surface area contributed by atoms with Gasteiger partial charge in [-0.05, 0) is 68.7 Å². The Labute approximate surface area is 655 Å². The number of carbonyl (C=O) groups excluding carboxylic acids is 10.